The molecule has 0 unspecified atom stereocenters. The molecule has 0 aliphatic carbocycles. The molecule has 0 aliphatic rings. The van der Waals surface area contributed by atoms with Crippen LogP contribution < -0.4 is 116 Å². The molecule has 2 nitrogen and oxygen atoms in total. The minimum atomic E-state index is -0.197. The summed E-state index contributed by atoms with van der Waals surface area (Å²) < 4.78 is 0. The van der Waals surface area contributed by atoms with Crippen LogP contribution in [-0.2, 0) is 0 Å². The second-order valence-corrected chi connectivity index (χ2v) is 5.70. The molecule has 0 bridgehead atoms. The molecule has 0 saturated carbocycles. The Kier molecular flexibility index (Phi) is 9.03. The summed E-state index contributed by atoms with van der Waals surface area (Å²) >= 11 is 0. The monoisotopic (exact) mass is 479 g/mol. The van der Waals surface area contributed by atoms with Crippen molar-refractivity contribution in [1.29, 1.82) is 0 Å². The zero-order valence-corrected chi connectivity index (χ0v) is 25.1. The van der Waals surface area contributed by atoms with Gasteiger partial charge in [-0.15, -0.1) is 36.0 Å². The summed E-state index contributed by atoms with van der Waals surface area (Å²) in [4.78, 5) is 11.7. The molecule has 0 N–H and O–H groups in total. The third kappa shape index (κ3) is 4.55. The van der Waals surface area contributed by atoms with Crippen LogP contribution in [0.3, 0.4) is 0 Å². The van der Waals surface area contributed by atoms with Crippen molar-refractivity contribution in [3.05, 3.63) is 89.7 Å². The molecule has 0 heterocycles. The Bertz CT molecular complexity index is 1000. The molecule has 4 aromatic rings. The van der Waals surface area contributed by atoms with Crippen LogP contribution in [-0.4, -0.2) is 13.0 Å². The number of benzene rings is 4. The van der Waals surface area contributed by atoms with Crippen LogP contribution >= 0.6 is 0 Å². The van der Waals surface area contributed by atoms with Gasteiger partial charge in [0.05, 0.1) is 5.91 Å². The summed E-state index contributed by atoms with van der Waals surface area (Å²) in [6.45, 7) is 0. The molecule has 0 fully saturated rings. The summed E-state index contributed by atoms with van der Waals surface area (Å²) in [5, 5.41) is 8.23. The smallest absolute Gasteiger partial charge is 0.652 e. The van der Waals surface area contributed by atoms with Crippen LogP contribution in [0.4, 0.5) is 0 Å². The fraction of sp³-hybridized carbons (Fsp3) is 0.0455. The minimum absolute atomic E-state index is 0. The van der Waals surface area contributed by atoms with Crippen molar-refractivity contribution in [3.8, 4) is 11.1 Å². The zero-order valence-electron chi connectivity index (χ0n) is 15.3. The predicted octanol–water partition coefficient (Wildman–Crippen LogP) is -0.388. The first kappa shape index (κ1) is 22.8. The third-order valence-electron chi connectivity index (χ3n) is 4.29. The Morgan fingerprint density at radius 3 is 1.77 bits per heavy atom. The molecule has 4 heteroatoms. The summed E-state index contributed by atoms with van der Waals surface area (Å²) in [5.74, 6) is -0.197. The summed E-state index contributed by atoms with van der Waals surface area (Å²) in [6, 6.07) is 27.7. The van der Waals surface area contributed by atoms with Crippen molar-refractivity contribution >= 4 is 27.5 Å². The summed E-state index contributed by atoms with van der Waals surface area (Å²) in [5.41, 5.74) is 2.87. The second-order valence-electron chi connectivity index (χ2n) is 5.70. The van der Waals surface area contributed by atoms with Gasteiger partial charge in [0.1, 0.15) is 0 Å². The van der Waals surface area contributed by atoms with E-state index in [2.05, 4.69) is 35.6 Å². The number of amides is 1. The fourth-order valence-corrected chi connectivity index (χ4v) is 3.13. The molecule has 0 spiro atoms. The first-order chi connectivity index (χ1) is 11.8. The van der Waals surface area contributed by atoms with Gasteiger partial charge in [-0.2, -0.15) is 0 Å². The van der Waals surface area contributed by atoms with Crippen LogP contribution in [0.1, 0.15) is 10.4 Å². The Morgan fingerprint density at radius 2 is 1.27 bits per heavy atom. The van der Waals surface area contributed by atoms with Gasteiger partial charge in [0, 0.05) is 0 Å². The summed E-state index contributed by atoms with van der Waals surface area (Å²) in [7, 11) is 1.52. The second kappa shape index (κ2) is 10.3. The van der Waals surface area contributed by atoms with Gasteiger partial charge < -0.3 is 10.1 Å². The van der Waals surface area contributed by atoms with Crippen LogP contribution in [0, 0.1) is 6.07 Å². The molecular weight excluding hydrogens is 465 g/mol. The van der Waals surface area contributed by atoms with Gasteiger partial charge in [0.25, 0.3) is 0 Å². The molecule has 4 aromatic carbocycles. The van der Waals surface area contributed by atoms with E-state index < -0.39 is 0 Å². The van der Waals surface area contributed by atoms with Crippen molar-refractivity contribution in [2.24, 2.45) is 0 Å². The number of carbonyl (C=O) groups is 1. The van der Waals surface area contributed by atoms with Crippen LogP contribution in [0.25, 0.3) is 38.0 Å². The van der Waals surface area contributed by atoms with Gasteiger partial charge in [-0.25, -0.2) is 0 Å². The number of carbonyl (C=O) groups excluding carboxylic acids is 1. The molecule has 4 rings (SSSR count). The maximum atomic E-state index is 11.7. The maximum Gasteiger partial charge on any atom is 1.00 e. The molecular formula is C22H15NORb2. The van der Waals surface area contributed by atoms with Crippen LogP contribution in [0.5, 0.6) is 0 Å². The molecule has 0 atom stereocenters. The van der Waals surface area contributed by atoms with Crippen molar-refractivity contribution in [3.63, 3.8) is 0 Å². The van der Waals surface area contributed by atoms with Crippen molar-refractivity contribution < 1.29 is 121 Å². The Labute approximate surface area is 251 Å². The van der Waals surface area contributed by atoms with E-state index in [4.69, 9.17) is 0 Å². The first-order valence-electron chi connectivity index (χ1n) is 7.85. The van der Waals surface area contributed by atoms with E-state index in [-0.39, 0.29) is 122 Å². The average molecular weight is 480 g/mol. The van der Waals surface area contributed by atoms with Gasteiger partial charge in [-0.05, 0) is 11.1 Å². The third-order valence-corrected chi connectivity index (χ3v) is 4.29. The number of nitrogens with zero attached hydrogens (tertiary/aromatic N) is 1. The van der Waals surface area contributed by atoms with E-state index in [1.54, 1.807) is 0 Å². The molecule has 0 aromatic heterocycles. The normalized spacial score (nSPS) is 10.0. The van der Waals surface area contributed by atoms with Gasteiger partial charge in [-0.3, -0.25) is 0 Å². The molecule has 1 amide bonds. The molecule has 0 aliphatic heterocycles. The SMILES string of the molecule is C[N-]C(=O)c1ccc(-c2c3ccccc3[c-]c3ccccc23)cc1.[Rb+].[Rb+]. The predicted molar refractivity (Wildman–Crippen MR) is 99.3 cm³/mol. The van der Waals surface area contributed by atoms with Gasteiger partial charge in [-0.1, -0.05) is 77.0 Å². The zero-order chi connectivity index (χ0) is 16.5. The number of hydrogen-bond donors (Lipinski definition) is 0. The van der Waals surface area contributed by atoms with Crippen molar-refractivity contribution in [1.82, 2.24) is 0 Å². The number of rotatable bonds is 2. The number of hydrogen-bond acceptors (Lipinski definition) is 1. The van der Waals surface area contributed by atoms with Gasteiger partial charge in [0.2, 0.25) is 0 Å². The Hall–Kier alpha value is 0.480. The first-order valence-corrected chi connectivity index (χ1v) is 7.85. The summed E-state index contributed by atoms with van der Waals surface area (Å²) in [6.07, 6.45) is 0. The van der Waals surface area contributed by atoms with Crippen molar-refractivity contribution in [2.45, 2.75) is 0 Å². The quantitative estimate of drug-likeness (QED) is 0.284. The van der Waals surface area contributed by atoms with Crippen LogP contribution in [0.15, 0.2) is 72.8 Å². The Morgan fingerprint density at radius 1 is 0.769 bits per heavy atom. The van der Waals surface area contributed by atoms with E-state index in [0.29, 0.717) is 5.56 Å². The molecule has 116 valence electrons. The van der Waals surface area contributed by atoms with Crippen molar-refractivity contribution in [2.75, 3.05) is 7.05 Å². The van der Waals surface area contributed by atoms with E-state index >= 15 is 0 Å². The van der Waals surface area contributed by atoms with Gasteiger partial charge in [0.15, 0.2) is 0 Å². The molecule has 0 radical (unpaired) electrons. The average Bonchev–Trinajstić information content (AvgIpc) is 2.65. The topological polar surface area (TPSA) is 31.2 Å². The Balaban J connectivity index is 0.00000121. The molecule has 0 saturated heterocycles. The standard InChI is InChI=1S/C22H16NO.2Rb/c1-23-22(24)16-12-10-15(11-13-16)21-19-8-4-2-6-17(19)14-18-7-3-5-9-20(18)21;;/h2-13H,1H3,(H,23,24);;/q-1;2*+1/p-1. The fourth-order valence-electron chi connectivity index (χ4n) is 3.13. The minimum Gasteiger partial charge on any atom is -0.652 e. The van der Waals surface area contributed by atoms with E-state index in [0.717, 1.165) is 27.1 Å². The number of fused-ring (bicyclic) bond motifs is 2. The van der Waals surface area contributed by atoms with E-state index in [1.807, 2.05) is 48.5 Å². The van der Waals surface area contributed by atoms with Crippen LogP contribution in [0.2, 0.25) is 0 Å². The maximum absolute atomic E-state index is 11.7. The van der Waals surface area contributed by atoms with Gasteiger partial charge >= 0.3 is 116 Å². The molecule has 26 heavy (non-hydrogen) atoms. The largest absolute Gasteiger partial charge is 1.00 e. The van der Waals surface area contributed by atoms with E-state index in [9.17, 15) is 4.79 Å². The van der Waals surface area contributed by atoms with E-state index in [1.165, 1.54) is 12.6 Å².